The van der Waals surface area contributed by atoms with Crippen molar-refractivity contribution in [2.75, 3.05) is 39.3 Å². The number of carbonyl (C=O) groups excluding carboxylic acids is 2. The van der Waals surface area contributed by atoms with Gasteiger partial charge in [-0.15, -0.1) is 0 Å². The van der Waals surface area contributed by atoms with Crippen LogP contribution in [0.15, 0.2) is 48.5 Å². The van der Waals surface area contributed by atoms with Crippen LogP contribution in [0.2, 0.25) is 5.02 Å². The Bertz CT molecular complexity index is 896. The Morgan fingerprint density at radius 1 is 1.03 bits per heavy atom. The van der Waals surface area contributed by atoms with Gasteiger partial charge in [-0.05, 0) is 30.0 Å². The third kappa shape index (κ3) is 4.65. The van der Waals surface area contributed by atoms with Crippen LogP contribution >= 0.6 is 11.6 Å². The predicted molar refractivity (Wildman–Crippen MR) is 114 cm³/mol. The molecular weight excluding hydrogens is 405 g/mol. The average molecular weight is 430 g/mol. The number of nitrogens with zero attached hydrogens (tertiary/aromatic N) is 2. The van der Waals surface area contributed by atoms with Gasteiger partial charge in [0.15, 0.2) is 0 Å². The fraction of sp³-hybridized carbons (Fsp3) is 0.391. The van der Waals surface area contributed by atoms with Gasteiger partial charge in [-0.1, -0.05) is 48.0 Å². The second kappa shape index (κ2) is 9.14. The lowest BCUT2D eigenvalue weighted by Gasteiger charge is -2.35. The van der Waals surface area contributed by atoms with E-state index >= 15 is 0 Å². The first-order valence-electron chi connectivity index (χ1n) is 10.3. The van der Waals surface area contributed by atoms with Gasteiger partial charge < -0.3 is 10.2 Å². The van der Waals surface area contributed by atoms with E-state index in [2.05, 4.69) is 22.3 Å². The summed E-state index contributed by atoms with van der Waals surface area (Å²) in [5, 5.41) is 3.18. The van der Waals surface area contributed by atoms with Crippen molar-refractivity contribution in [1.29, 1.82) is 0 Å². The van der Waals surface area contributed by atoms with Crippen LogP contribution in [-0.2, 0) is 4.79 Å². The van der Waals surface area contributed by atoms with Gasteiger partial charge in [-0.3, -0.25) is 14.5 Å². The monoisotopic (exact) mass is 429 g/mol. The summed E-state index contributed by atoms with van der Waals surface area (Å²) in [5.41, 5.74) is 1.17. The molecule has 0 spiro atoms. The SMILES string of the molecule is O=C(NCCN1CCN(C(=O)c2c(F)cccc2Cl)CC1)[C@H]1C[C@@H]1c1ccccc1. The smallest absolute Gasteiger partial charge is 0.258 e. The van der Waals surface area contributed by atoms with Crippen LogP contribution in [-0.4, -0.2) is 60.9 Å². The van der Waals surface area contributed by atoms with E-state index in [0.29, 0.717) is 38.6 Å². The van der Waals surface area contributed by atoms with E-state index in [1.165, 1.54) is 23.8 Å². The average Bonchev–Trinajstić information content (AvgIpc) is 3.56. The summed E-state index contributed by atoms with van der Waals surface area (Å²) in [6, 6.07) is 14.4. The van der Waals surface area contributed by atoms with Crippen molar-refractivity contribution in [1.82, 2.24) is 15.1 Å². The van der Waals surface area contributed by atoms with Gasteiger partial charge in [0.05, 0.1) is 10.6 Å². The molecule has 2 aromatic rings. The number of nitrogens with one attached hydrogen (secondary N) is 1. The number of hydrogen-bond donors (Lipinski definition) is 1. The topological polar surface area (TPSA) is 52.7 Å². The molecule has 5 nitrogen and oxygen atoms in total. The molecular formula is C23H25ClFN3O2. The van der Waals surface area contributed by atoms with Crippen molar-refractivity contribution in [2.24, 2.45) is 5.92 Å². The van der Waals surface area contributed by atoms with Gasteiger partial charge in [0.1, 0.15) is 5.82 Å². The van der Waals surface area contributed by atoms with Gasteiger partial charge in [0, 0.05) is 45.2 Å². The lowest BCUT2D eigenvalue weighted by molar-refractivity contribution is -0.122. The first-order chi connectivity index (χ1) is 14.5. The predicted octanol–water partition coefficient (Wildman–Crippen LogP) is 3.16. The van der Waals surface area contributed by atoms with Gasteiger partial charge >= 0.3 is 0 Å². The first kappa shape index (κ1) is 20.8. The molecule has 1 aliphatic carbocycles. The van der Waals surface area contributed by atoms with Crippen LogP contribution in [0.3, 0.4) is 0 Å². The van der Waals surface area contributed by atoms with E-state index < -0.39 is 5.82 Å². The number of rotatable bonds is 6. The third-order valence-corrected chi connectivity index (χ3v) is 6.23. The zero-order chi connectivity index (χ0) is 21.1. The molecule has 7 heteroatoms. The van der Waals surface area contributed by atoms with Crippen LogP contribution < -0.4 is 5.32 Å². The van der Waals surface area contributed by atoms with E-state index in [1.54, 1.807) is 4.90 Å². The summed E-state index contributed by atoms with van der Waals surface area (Å²) in [6.45, 7) is 3.71. The Balaban J connectivity index is 1.19. The molecule has 2 aromatic carbocycles. The van der Waals surface area contributed by atoms with Crippen molar-refractivity contribution >= 4 is 23.4 Å². The second-order valence-corrected chi connectivity index (χ2v) is 8.29. The molecule has 1 saturated heterocycles. The van der Waals surface area contributed by atoms with E-state index in [0.717, 1.165) is 13.0 Å². The molecule has 0 bridgehead atoms. The molecule has 1 aliphatic heterocycles. The Kier molecular flexibility index (Phi) is 6.35. The van der Waals surface area contributed by atoms with Crippen molar-refractivity contribution in [3.63, 3.8) is 0 Å². The molecule has 2 aliphatic rings. The van der Waals surface area contributed by atoms with Crippen LogP contribution in [0.1, 0.15) is 28.3 Å². The van der Waals surface area contributed by atoms with Crippen molar-refractivity contribution in [3.8, 4) is 0 Å². The van der Waals surface area contributed by atoms with Gasteiger partial charge in [0.2, 0.25) is 5.91 Å². The minimum Gasteiger partial charge on any atom is -0.355 e. The second-order valence-electron chi connectivity index (χ2n) is 7.88. The molecule has 1 saturated carbocycles. The standard InChI is InChI=1S/C23H25ClFN3O2/c24-19-7-4-8-20(25)21(19)23(30)28-13-11-27(12-14-28)10-9-26-22(29)18-15-17(18)16-5-2-1-3-6-16/h1-8,17-18H,9-15H2,(H,26,29)/t17-,18+/m1/s1. The Morgan fingerprint density at radius 2 is 1.77 bits per heavy atom. The van der Waals surface area contributed by atoms with Crippen LogP contribution in [0.4, 0.5) is 4.39 Å². The molecule has 158 valence electrons. The molecule has 4 rings (SSSR count). The number of hydrogen-bond acceptors (Lipinski definition) is 3. The summed E-state index contributed by atoms with van der Waals surface area (Å²) in [6.07, 6.45) is 0.912. The van der Waals surface area contributed by atoms with Crippen molar-refractivity contribution < 1.29 is 14.0 Å². The molecule has 1 N–H and O–H groups in total. The molecule has 30 heavy (non-hydrogen) atoms. The summed E-state index contributed by atoms with van der Waals surface area (Å²) < 4.78 is 14.0. The first-order valence-corrected chi connectivity index (χ1v) is 10.7. The maximum Gasteiger partial charge on any atom is 0.258 e. The Hall–Kier alpha value is -2.44. The molecule has 0 aromatic heterocycles. The molecule has 2 atom stereocenters. The molecule has 2 amide bonds. The Labute approximate surface area is 180 Å². The van der Waals surface area contributed by atoms with E-state index in [-0.39, 0.29) is 28.3 Å². The number of amides is 2. The molecule has 1 heterocycles. The van der Waals surface area contributed by atoms with Crippen LogP contribution in [0.5, 0.6) is 0 Å². The van der Waals surface area contributed by atoms with Gasteiger partial charge in [-0.2, -0.15) is 0 Å². The lowest BCUT2D eigenvalue weighted by Crippen LogP contribution is -2.50. The quantitative estimate of drug-likeness (QED) is 0.767. The highest BCUT2D eigenvalue weighted by Crippen LogP contribution is 2.47. The largest absolute Gasteiger partial charge is 0.355 e. The molecule has 0 unspecified atom stereocenters. The maximum absolute atomic E-state index is 14.0. The highest BCUT2D eigenvalue weighted by atomic mass is 35.5. The number of carbonyl (C=O) groups is 2. The maximum atomic E-state index is 14.0. The summed E-state index contributed by atoms with van der Waals surface area (Å²) in [4.78, 5) is 28.8. The summed E-state index contributed by atoms with van der Waals surface area (Å²) in [7, 11) is 0. The highest BCUT2D eigenvalue weighted by molar-refractivity contribution is 6.33. The van der Waals surface area contributed by atoms with Gasteiger partial charge in [-0.25, -0.2) is 4.39 Å². The van der Waals surface area contributed by atoms with Crippen LogP contribution in [0, 0.1) is 11.7 Å². The van der Waals surface area contributed by atoms with Crippen molar-refractivity contribution in [3.05, 3.63) is 70.5 Å². The minimum atomic E-state index is -0.591. The highest BCUT2D eigenvalue weighted by Gasteiger charge is 2.43. The zero-order valence-corrected chi connectivity index (χ0v) is 17.4. The normalized spacial score (nSPS) is 21.3. The number of benzene rings is 2. The number of piperazine rings is 1. The van der Waals surface area contributed by atoms with E-state index in [1.807, 2.05) is 18.2 Å². The minimum absolute atomic E-state index is 0.0581. The number of halogens is 2. The van der Waals surface area contributed by atoms with Crippen molar-refractivity contribution in [2.45, 2.75) is 12.3 Å². The zero-order valence-electron chi connectivity index (χ0n) is 16.7. The fourth-order valence-electron chi connectivity index (χ4n) is 4.06. The Morgan fingerprint density at radius 3 is 2.47 bits per heavy atom. The summed E-state index contributed by atoms with van der Waals surface area (Å²) >= 11 is 6.01. The van der Waals surface area contributed by atoms with E-state index in [4.69, 9.17) is 11.6 Å². The fourth-order valence-corrected chi connectivity index (χ4v) is 4.30. The molecule has 2 fully saturated rings. The lowest BCUT2D eigenvalue weighted by atomic mass is 10.1. The third-order valence-electron chi connectivity index (χ3n) is 5.92. The summed E-state index contributed by atoms with van der Waals surface area (Å²) in [5.74, 6) is -0.427. The van der Waals surface area contributed by atoms with Crippen LogP contribution in [0.25, 0.3) is 0 Å². The van der Waals surface area contributed by atoms with Gasteiger partial charge in [0.25, 0.3) is 5.91 Å². The molecule has 0 radical (unpaired) electrons. The van der Waals surface area contributed by atoms with E-state index in [9.17, 15) is 14.0 Å².